The quantitative estimate of drug-likeness (QED) is 0.117. The summed E-state index contributed by atoms with van der Waals surface area (Å²) in [5, 5.41) is 10.7. The average Bonchev–Trinajstić information content (AvgIpc) is 2.94. The average molecular weight is 584 g/mol. The molecule has 194 valence electrons. The molecule has 0 unspecified atom stereocenters. The van der Waals surface area contributed by atoms with Gasteiger partial charge in [0.1, 0.15) is 18.2 Å². The Morgan fingerprint density at radius 1 is 0.744 bits per heavy atom. The number of nitrogens with one attached hydrogen (secondary N) is 3. The first-order valence-corrected chi connectivity index (χ1v) is 12.8. The van der Waals surface area contributed by atoms with Crippen LogP contribution < -0.4 is 20.8 Å². The van der Waals surface area contributed by atoms with Gasteiger partial charge >= 0.3 is 0 Å². The Morgan fingerprint density at radius 3 is 1.97 bits per heavy atom. The van der Waals surface area contributed by atoms with Gasteiger partial charge in [-0.25, -0.2) is 9.82 Å². The number of ether oxygens (including phenoxy) is 1. The molecular formula is C29H23BrFN7O. The molecule has 0 aliphatic rings. The Balaban J connectivity index is 1.35. The molecule has 1 aromatic heterocycles. The van der Waals surface area contributed by atoms with E-state index >= 15 is 0 Å². The maximum Gasteiger partial charge on any atom is 0.250 e. The summed E-state index contributed by atoms with van der Waals surface area (Å²) in [6.07, 6.45) is 1.58. The molecule has 0 spiro atoms. The van der Waals surface area contributed by atoms with Gasteiger partial charge in [-0.2, -0.15) is 20.1 Å². The standard InChI is InChI=1S/C29H23BrFN7O/c30-22-15-16-26(39-19-20-9-7-8-14-25(20)31)21(17-22)18-32-38-29-36-27(33-23-10-3-1-4-11-23)35-28(37-29)34-24-12-5-2-6-13-24/h1-18H,19H2,(H3,33,34,35,36,37,38)/b32-18+. The highest BCUT2D eigenvalue weighted by Gasteiger charge is 2.09. The van der Waals surface area contributed by atoms with Gasteiger partial charge < -0.3 is 15.4 Å². The Morgan fingerprint density at radius 2 is 1.33 bits per heavy atom. The highest BCUT2D eigenvalue weighted by Crippen LogP contribution is 2.24. The molecule has 0 saturated heterocycles. The van der Waals surface area contributed by atoms with Crippen molar-refractivity contribution in [2.45, 2.75) is 6.61 Å². The van der Waals surface area contributed by atoms with Crippen LogP contribution in [-0.2, 0) is 6.61 Å². The topological polar surface area (TPSA) is 96.4 Å². The van der Waals surface area contributed by atoms with E-state index in [0.717, 1.165) is 15.8 Å². The van der Waals surface area contributed by atoms with Crippen LogP contribution in [0.2, 0.25) is 0 Å². The van der Waals surface area contributed by atoms with E-state index in [9.17, 15) is 4.39 Å². The van der Waals surface area contributed by atoms with E-state index in [1.807, 2.05) is 72.8 Å². The van der Waals surface area contributed by atoms with Crippen LogP contribution in [0.15, 0.2) is 113 Å². The summed E-state index contributed by atoms with van der Waals surface area (Å²) in [7, 11) is 0. The van der Waals surface area contributed by atoms with Crippen LogP contribution in [0.5, 0.6) is 5.75 Å². The van der Waals surface area contributed by atoms with Gasteiger partial charge in [0, 0.05) is 27.0 Å². The van der Waals surface area contributed by atoms with Crippen LogP contribution in [0.1, 0.15) is 11.1 Å². The summed E-state index contributed by atoms with van der Waals surface area (Å²) < 4.78 is 20.8. The van der Waals surface area contributed by atoms with Crippen LogP contribution in [0.3, 0.4) is 0 Å². The van der Waals surface area contributed by atoms with Crippen LogP contribution >= 0.6 is 15.9 Å². The van der Waals surface area contributed by atoms with Crippen molar-refractivity contribution >= 4 is 51.4 Å². The summed E-state index contributed by atoms with van der Waals surface area (Å²) in [5.74, 6) is 1.12. The van der Waals surface area contributed by atoms with E-state index in [0.29, 0.717) is 28.8 Å². The minimum Gasteiger partial charge on any atom is -0.488 e. The van der Waals surface area contributed by atoms with Gasteiger partial charge in [-0.05, 0) is 48.5 Å². The number of hydrazone groups is 1. The van der Waals surface area contributed by atoms with Crippen molar-refractivity contribution < 1.29 is 9.13 Å². The molecule has 5 aromatic rings. The van der Waals surface area contributed by atoms with E-state index in [1.54, 1.807) is 30.5 Å². The number of hydrogen-bond acceptors (Lipinski definition) is 8. The highest BCUT2D eigenvalue weighted by molar-refractivity contribution is 9.10. The van der Waals surface area contributed by atoms with Crippen molar-refractivity contribution in [2.24, 2.45) is 5.10 Å². The van der Waals surface area contributed by atoms with Gasteiger partial charge in [-0.1, -0.05) is 70.5 Å². The summed E-state index contributed by atoms with van der Waals surface area (Å²) in [5.41, 5.74) is 5.66. The molecule has 3 N–H and O–H groups in total. The summed E-state index contributed by atoms with van der Waals surface area (Å²) in [4.78, 5) is 13.4. The smallest absolute Gasteiger partial charge is 0.250 e. The van der Waals surface area contributed by atoms with Gasteiger partial charge in [0.15, 0.2) is 0 Å². The Kier molecular flexibility index (Phi) is 8.35. The third kappa shape index (κ3) is 7.36. The van der Waals surface area contributed by atoms with E-state index < -0.39 is 0 Å². The van der Waals surface area contributed by atoms with Crippen molar-refractivity contribution in [3.63, 3.8) is 0 Å². The van der Waals surface area contributed by atoms with Gasteiger partial charge in [0.05, 0.1) is 6.21 Å². The normalized spacial score (nSPS) is 10.8. The lowest BCUT2D eigenvalue weighted by atomic mass is 10.2. The number of halogens is 2. The molecule has 0 atom stereocenters. The maximum atomic E-state index is 14.0. The third-order valence-electron chi connectivity index (χ3n) is 5.38. The molecule has 0 aliphatic carbocycles. The number of rotatable bonds is 10. The van der Waals surface area contributed by atoms with Crippen molar-refractivity contribution in [1.82, 2.24) is 15.0 Å². The number of aromatic nitrogens is 3. The molecule has 0 amide bonds. The molecule has 39 heavy (non-hydrogen) atoms. The predicted octanol–water partition coefficient (Wildman–Crippen LogP) is 7.29. The first-order chi connectivity index (χ1) is 19.1. The number of benzene rings is 4. The maximum absolute atomic E-state index is 14.0. The fourth-order valence-corrected chi connectivity index (χ4v) is 3.90. The summed E-state index contributed by atoms with van der Waals surface area (Å²) >= 11 is 3.48. The van der Waals surface area contributed by atoms with E-state index in [1.165, 1.54) is 6.07 Å². The summed E-state index contributed by atoms with van der Waals surface area (Å²) in [6, 6.07) is 31.2. The first-order valence-electron chi connectivity index (χ1n) is 12.0. The van der Waals surface area contributed by atoms with Crippen molar-refractivity contribution in [3.8, 4) is 5.75 Å². The minimum absolute atomic E-state index is 0.0824. The lowest BCUT2D eigenvalue weighted by molar-refractivity contribution is 0.299. The third-order valence-corrected chi connectivity index (χ3v) is 5.87. The fraction of sp³-hybridized carbons (Fsp3) is 0.0345. The Hall–Kier alpha value is -4.83. The van der Waals surface area contributed by atoms with E-state index in [-0.39, 0.29) is 18.4 Å². The van der Waals surface area contributed by atoms with Crippen molar-refractivity contribution in [2.75, 3.05) is 16.1 Å². The van der Waals surface area contributed by atoms with Crippen molar-refractivity contribution in [1.29, 1.82) is 0 Å². The molecule has 0 bridgehead atoms. The molecule has 10 heteroatoms. The molecular weight excluding hydrogens is 561 g/mol. The zero-order valence-corrected chi connectivity index (χ0v) is 22.1. The van der Waals surface area contributed by atoms with Crippen LogP contribution in [0, 0.1) is 5.82 Å². The molecule has 0 fully saturated rings. The second-order valence-corrected chi connectivity index (χ2v) is 9.14. The second kappa shape index (κ2) is 12.6. The number of hydrogen-bond donors (Lipinski definition) is 3. The molecule has 8 nitrogen and oxygen atoms in total. The van der Waals surface area contributed by atoms with Gasteiger partial charge in [0.25, 0.3) is 0 Å². The van der Waals surface area contributed by atoms with Crippen molar-refractivity contribution in [3.05, 3.63) is 125 Å². The number of anilines is 5. The van der Waals surface area contributed by atoms with Gasteiger partial charge in [0.2, 0.25) is 17.8 Å². The van der Waals surface area contributed by atoms with Crippen LogP contribution in [0.25, 0.3) is 0 Å². The SMILES string of the molecule is Fc1ccccc1COc1ccc(Br)cc1/C=N/Nc1nc(Nc2ccccc2)nc(Nc2ccccc2)n1. The van der Waals surface area contributed by atoms with E-state index in [4.69, 9.17) is 4.74 Å². The zero-order chi connectivity index (χ0) is 26.9. The molecule has 5 rings (SSSR count). The molecule has 0 radical (unpaired) electrons. The molecule has 0 aliphatic heterocycles. The number of nitrogens with zero attached hydrogens (tertiary/aromatic N) is 4. The Labute approximate surface area is 233 Å². The van der Waals surface area contributed by atoms with E-state index in [2.05, 4.69) is 52.0 Å². The lowest BCUT2D eigenvalue weighted by Gasteiger charge is -2.11. The largest absolute Gasteiger partial charge is 0.488 e. The monoisotopic (exact) mass is 583 g/mol. The first kappa shape index (κ1) is 25.8. The predicted molar refractivity (Wildman–Crippen MR) is 155 cm³/mol. The van der Waals surface area contributed by atoms with Gasteiger partial charge in [-0.3, -0.25) is 0 Å². The van der Waals surface area contributed by atoms with Crippen LogP contribution in [0.4, 0.5) is 33.6 Å². The second-order valence-electron chi connectivity index (χ2n) is 8.22. The van der Waals surface area contributed by atoms with Gasteiger partial charge in [-0.15, -0.1) is 0 Å². The minimum atomic E-state index is -0.318. The fourth-order valence-electron chi connectivity index (χ4n) is 3.52. The lowest BCUT2D eigenvalue weighted by Crippen LogP contribution is -2.07. The zero-order valence-electron chi connectivity index (χ0n) is 20.6. The molecule has 4 aromatic carbocycles. The molecule has 1 heterocycles. The number of para-hydroxylation sites is 2. The molecule has 0 saturated carbocycles. The Bertz CT molecular complexity index is 1510. The summed E-state index contributed by atoms with van der Waals surface area (Å²) in [6.45, 7) is 0.0824. The highest BCUT2D eigenvalue weighted by atomic mass is 79.9. The van der Waals surface area contributed by atoms with Crippen LogP contribution in [-0.4, -0.2) is 21.2 Å².